The van der Waals surface area contributed by atoms with Gasteiger partial charge in [-0.15, -0.1) is 0 Å². The lowest BCUT2D eigenvalue weighted by Crippen LogP contribution is -2.35. The Balaban J connectivity index is 1.90. The van der Waals surface area contributed by atoms with Gasteiger partial charge in [0.2, 0.25) is 0 Å². The molecule has 1 aromatic heterocycles. The van der Waals surface area contributed by atoms with Gasteiger partial charge in [0, 0.05) is 23.8 Å². The molecule has 0 bridgehead atoms. The SMILES string of the molecule is C=NC=CC=C(C)C1Nc2cccc3c(=O)[nH]nc(c23)C1c1ccc(CNC)cc1. The fourth-order valence-electron chi connectivity index (χ4n) is 4.13. The van der Waals surface area contributed by atoms with Crippen LogP contribution in [0.25, 0.3) is 10.8 Å². The number of aromatic amines is 1. The molecular formula is C24H25N5O. The highest BCUT2D eigenvalue weighted by Crippen LogP contribution is 2.41. The monoisotopic (exact) mass is 399 g/mol. The number of anilines is 1. The molecular weight excluding hydrogens is 374 g/mol. The average Bonchev–Trinajstić information content (AvgIpc) is 2.77. The van der Waals surface area contributed by atoms with Crippen LogP contribution in [0.4, 0.5) is 5.69 Å². The van der Waals surface area contributed by atoms with E-state index in [1.54, 1.807) is 6.20 Å². The maximum absolute atomic E-state index is 12.4. The molecule has 6 heteroatoms. The van der Waals surface area contributed by atoms with Crippen LogP contribution < -0.4 is 16.2 Å². The summed E-state index contributed by atoms with van der Waals surface area (Å²) in [7, 11) is 1.94. The van der Waals surface area contributed by atoms with E-state index in [1.807, 2.05) is 37.4 Å². The van der Waals surface area contributed by atoms with Crippen LogP contribution in [0.2, 0.25) is 0 Å². The summed E-state index contributed by atoms with van der Waals surface area (Å²) >= 11 is 0. The van der Waals surface area contributed by atoms with Gasteiger partial charge in [-0.2, -0.15) is 5.10 Å². The number of nitrogens with one attached hydrogen (secondary N) is 3. The number of nitrogens with zero attached hydrogens (tertiary/aromatic N) is 2. The van der Waals surface area contributed by atoms with Crippen molar-refractivity contribution in [2.45, 2.75) is 25.4 Å². The maximum Gasteiger partial charge on any atom is 0.272 e. The van der Waals surface area contributed by atoms with Crippen LogP contribution in [-0.4, -0.2) is 30.0 Å². The Morgan fingerprint density at radius 3 is 2.80 bits per heavy atom. The number of aromatic nitrogens is 2. The van der Waals surface area contributed by atoms with Crippen LogP contribution >= 0.6 is 0 Å². The minimum Gasteiger partial charge on any atom is -0.377 e. The van der Waals surface area contributed by atoms with Gasteiger partial charge in [-0.05, 0) is 50.0 Å². The Morgan fingerprint density at radius 2 is 2.07 bits per heavy atom. The molecule has 152 valence electrons. The number of H-pyrrole nitrogens is 1. The highest BCUT2D eigenvalue weighted by molar-refractivity contribution is 5.97. The molecule has 2 unspecified atom stereocenters. The molecule has 1 aliphatic heterocycles. The molecule has 1 aliphatic rings. The molecule has 0 spiro atoms. The largest absolute Gasteiger partial charge is 0.377 e. The first-order chi connectivity index (χ1) is 14.6. The predicted molar refractivity (Wildman–Crippen MR) is 123 cm³/mol. The number of rotatable bonds is 6. The van der Waals surface area contributed by atoms with E-state index in [2.05, 4.69) is 63.7 Å². The van der Waals surface area contributed by atoms with Gasteiger partial charge in [-0.3, -0.25) is 9.79 Å². The Labute approximate surface area is 175 Å². The first-order valence-electron chi connectivity index (χ1n) is 9.94. The minimum atomic E-state index is -0.175. The molecule has 2 heterocycles. The minimum absolute atomic E-state index is 0.0221. The lowest BCUT2D eigenvalue weighted by Gasteiger charge is -2.35. The molecule has 2 atom stereocenters. The Morgan fingerprint density at radius 1 is 1.27 bits per heavy atom. The highest BCUT2D eigenvalue weighted by Gasteiger charge is 2.34. The highest BCUT2D eigenvalue weighted by atomic mass is 16.1. The summed E-state index contributed by atoms with van der Waals surface area (Å²) in [5.74, 6) is -0.0516. The molecule has 0 radical (unpaired) electrons. The second-order valence-electron chi connectivity index (χ2n) is 7.47. The van der Waals surface area contributed by atoms with Gasteiger partial charge in [-0.25, -0.2) is 5.10 Å². The molecule has 6 nitrogen and oxygen atoms in total. The lowest BCUT2D eigenvalue weighted by molar-refractivity contribution is 0.669. The van der Waals surface area contributed by atoms with E-state index in [-0.39, 0.29) is 17.5 Å². The van der Waals surface area contributed by atoms with Crippen molar-refractivity contribution in [1.29, 1.82) is 0 Å². The van der Waals surface area contributed by atoms with E-state index in [9.17, 15) is 4.79 Å². The van der Waals surface area contributed by atoms with Gasteiger partial charge in [0.05, 0.1) is 23.0 Å². The van der Waals surface area contributed by atoms with Gasteiger partial charge in [0.1, 0.15) is 0 Å². The van der Waals surface area contributed by atoms with E-state index in [0.717, 1.165) is 34.4 Å². The fraction of sp³-hybridized carbons (Fsp3) is 0.208. The topological polar surface area (TPSA) is 82.2 Å². The number of allylic oxidation sites excluding steroid dienone is 2. The van der Waals surface area contributed by atoms with Crippen LogP contribution in [0.3, 0.4) is 0 Å². The first-order valence-corrected chi connectivity index (χ1v) is 9.94. The molecule has 0 saturated heterocycles. The van der Waals surface area contributed by atoms with E-state index in [4.69, 9.17) is 0 Å². The Kier molecular flexibility index (Phi) is 5.59. The van der Waals surface area contributed by atoms with Gasteiger partial charge < -0.3 is 10.6 Å². The second-order valence-corrected chi connectivity index (χ2v) is 7.47. The van der Waals surface area contributed by atoms with Crippen molar-refractivity contribution in [3.63, 3.8) is 0 Å². The van der Waals surface area contributed by atoms with Crippen LogP contribution in [-0.2, 0) is 6.54 Å². The summed E-state index contributed by atoms with van der Waals surface area (Å²) in [4.78, 5) is 16.2. The van der Waals surface area contributed by atoms with Crippen LogP contribution in [0.15, 0.2) is 76.2 Å². The average molecular weight is 399 g/mol. The van der Waals surface area contributed by atoms with Crippen LogP contribution in [0, 0.1) is 0 Å². The quantitative estimate of drug-likeness (QED) is 0.436. The lowest BCUT2D eigenvalue weighted by atomic mass is 9.80. The van der Waals surface area contributed by atoms with Crippen LogP contribution in [0.1, 0.15) is 29.7 Å². The molecule has 2 aromatic carbocycles. The first kappa shape index (κ1) is 19.8. The van der Waals surface area contributed by atoms with Crippen molar-refractivity contribution in [3.05, 3.63) is 93.6 Å². The summed E-state index contributed by atoms with van der Waals surface area (Å²) in [6.07, 6.45) is 5.58. The number of hydrogen-bond acceptors (Lipinski definition) is 5. The number of aliphatic imine (C=N–C) groups is 1. The summed E-state index contributed by atoms with van der Waals surface area (Å²) in [6, 6.07) is 14.3. The third-order valence-corrected chi connectivity index (χ3v) is 5.54. The molecule has 4 rings (SSSR count). The van der Waals surface area contributed by atoms with E-state index in [0.29, 0.717) is 5.39 Å². The predicted octanol–water partition coefficient (Wildman–Crippen LogP) is 3.73. The second kappa shape index (κ2) is 8.47. The Hall–Kier alpha value is -3.51. The van der Waals surface area contributed by atoms with Crippen molar-refractivity contribution in [2.24, 2.45) is 4.99 Å². The molecule has 0 fully saturated rings. The molecule has 0 aliphatic carbocycles. The summed E-state index contributed by atoms with van der Waals surface area (Å²) in [5.41, 5.74) is 5.12. The smallest absolute Gasteiger partial charge is 0.272 e. The molecule has 3 aromatic rings. The van der Waals surface area contributed by atoms with Crippen LogP contribution in [0.5, 0.6) is 0 Å². The van der Waals surface area contributed by atoms with Crippen molar-refractivity contribution in [1.82, 2.24) is 15.5 Å². The van der Waals surface area contributed by atoms with Crippen molar-refractivity contribution in [2.75, 3.05) is 12.4 Å². The van der Waals surface area contributed by atoms with Crippen molar-refractivity contribution >= 4 is 23.2 Å². The Bertz CT molecular complexity index is 1190. The number of hydrogen-bond donors (Lipinski definition) is 3. The molecule has 3 N–H and O–H groups in total. The zero-order valence-corrected chi connectivity index (χ0v) is 17.1. The van der Waals surface area contributed by atoms with Gasteiger partial charge in [0.15, 0.2) is 0 Å². The van der Waals surface area contributed by atoms with E-state index >= 15 is 0 Å². The standard InChI is InChI=1S/C24H25N5O/c1-15(6-5-13-25-2)22-20(17-11-9-16(10-12-17)14-26-3)23-21-18(24(30)29-28-23)7-4-8-19(21)27-22/h4-13,20,22,26-27H,2,14H2,1,3H3,(H,29,30). The van der Waals surface area contributed by atoms with Crippen molar-refractivity contribution in [3.8, 4) is 0 Å². The molecule has 30 heavy (non-hydrogen) atoms. The zero-order chi connectivity index (χ0) is 21.1. The van der Waals surface area contributed by atoms with Gasteiger partial charge >= 0.3 is 0 Å². The zero-order valence-electron chi connectivity index (χ0n) is 17.1. The van der Waals surface area contributed by atoms with Crippen molar-refractivity contribution < 1.29 is 0 Å². The summed E-state index contributed by atoms with van der Waals surface area (Å²) in [6.45, 7) is 6.39. The summed E-state index contributed by atoms with van der Waals surface area (Å²) < 4.78 is 0. The summed E-state index contributed by atoms with van der Waals surface area (Å²) in [5, 5.41) is 15.6. The van der Waals surface area contributed by atoms with E-state index < -0.39 is 0 Å². The normalized spacial score (nSPS) is 18.5. The fourth-order valence-corrected chi connectivity index (χ4v) is 4.13. The van der Waals surface area contributed by atoms with Gasteiger partial charge in [-0.1, -0.05) is 42.0 Å². The number of benzene rings is 2. The molecule has 0 amide bonds. The van der Waals surface area contributed by atoms with E-state index in [1.165, 1.54) is 5.56 Å². The maximum atomic E-state index is 12.4. The third-order valence-electron chi connectivity index (χ3n) is 5.54. The van der Waals surface area contributed by atoms with Gasteiger partial charge in [0.25, 0.3) is 5.56 Å². The molecule has 0 saturated carbocycles. The third kappa shape index (κ3) is 3.57.